The van der Waals surface area contributed by atoms with Crippen molar-refractivity contribution in [1.29, 1.82) is 0 Å². The van der Waals surface area contributed by atoms with Crippen LogP contribution in [0.25, 0.3) is 0 Å². The molecule has 0 heterocycles. The number of nitrogens with two attached hydrogens (primary N) is 1. The van der Waals surface area contributed by atoms with Crippen LogP contribution >= 0.6 is 11.6 Å². The third kappa shape index (κ3) is 1.86. The number of rotatable bonds is 3. The van der Waals surface area contributed by atoms with E-state index in [9.17, 15) is 9.18 Å². The highest BCUT2D eigenvalue weighted by molar-refractivity contribution is 6.31. The molecule has 0 saturated heterocycles. The van der Waals surface area contributed by atoms with E-state index < -0.39 is 11.6 Å². The third-order valence-corrected chi connectivity index (χ3v) is 2.03. The number of methoxy groups -OCH3 is 1. The van der Waals surface area contributed by atoms with E-state index in [1.54, 1.807) is 0 Å². The molecule has 0 atom stereocenters. The first-order valence-corrected chi connectivity index (χ1v) is 4.24. The second-order valence-corrected chi connectivity index (χ2v) is 2.97. The molecule has 0 aliphatic carbocycles. The van der Waals surface area contributed by atoms with Gasteiger partial charge in [0, 0.05) is 0 Å². The number of benzene rings is 1. The molecule has 0 aliphatic rings. The van der Waals surface area contributed by atoms with E-state index in [-0.39, 0.29) is 22.9 Å². The van der Waals surface area contributed by atoms with Gasteiger partial charge in [0.15, 0.2) is 11.6 Å². The van der Waals surface area contributed by atoms with E-state index in [2.05, 4.69) is 0 Å². The lowest BCUT2D eigenvalue weighted by atomic mass is 10.1. The largest absolute Gasteiger partial charge is 0.496 e. The lowest BCUT2D eigenvalue weighted by Crippen LogP contribution is -2.16. The Kier molecular flexibility index (Phi) is 3.43. The highest BCUT2D eigenvalue weighted by atomic mass is 35.5. The fourth-order valence-electron chi connectivity index (χ4n) is 1.06. The summed E-state index contributed by atoms with van der Waals surface area (Å²) in [5.74, 6) is -1.19. The molecule has 0 unspecified atom stereocenters. The van der Waals surface area contributed by atoms with Gasteiger partial charge in [0.25, 0.3) is 0 Å². The second kappa shape index (κ2) is 4.39. The molecule has 0 radical (unpaired) electrons. The Morgan fingerprint density at radius 2 is 2.29 bits per heavy atom. The number of Topliss-reactive ketones (excluding diaryl/α,β-unsaturated/α-hetero) is 1. The summed E-state index contributed by atoms with van der Waals surface area (Å²) >= 11 is 5.52. The van der Waals surface area contributed by atoms with Gasteiger partial charge in [0.05, 0.1) is 24.2 Å². The van der Waals surface area contributed by atoms with Crippen LogP contribution in [0.1, 0.15) is 10.4 Å². The van der Waals surface area contributed by atoms with Crippen molar-refractivity contribution in [2.24, 2.45) is 5.73 Å². The average molecular weight is 218 g/mol. The predicted octanol–water partition coefficient (Wildman–Crippen LogP) is 1.63. The molecule has 0 bridgehead atoms. The molecule has 2 N–H and O–H groups in total. The van der Waals surface area contributed by atoms with Crippen molar-refractivity contribution < 1.29 is 13.9 Å². The molecular weight excluding hydrogens is 209 g/mol. The summed E-state index contributed by atoms with van der Waals surface area (Å²) < 4.78 is 18.2. The maximum Gasteiger partial charge on any atom is 0.183 e. The van der Waals surface area contributed by atoms with Crippen molar-refractivity contribution >= 4 is 17.4 Å². The maximum absolute atomic E-state index is 13.4. The molecule has 1 rings (SSSR count). The number of hydrogen-bond acceptors (Lipinski definition) is 3. The fraction of sp³-hybridized carbons (Fsp3) is 0.222. The Hall–Kier alpha value is -1.13. The van der Waals surface area contributed by atoms with Gasteiger partial charge in [-0.1, -0.05) is 11.6 Å². The molecule has 0 spiro atoms. The first-order chi connectivity index (χ1) is 6.61. The van der Waals surface area contributed by atoms with Gasteiger partial charge >= 0.3 is 0 Å². The average Bonchev–Trinajstić information content (AvgIpc) is 2.20. The lowest BCUT2D eigenvalue weighted by Gasteiger charge is -2.08. The van der Waals surface area contributed by atoms with Crippen LogP contribution in [-0.2, 0) is 0 Å². The number of hydrogen-bond donors (Lipinski definition) is 1. The molecule has 3 nitrogen and oxygen atoms in total. The van der Waals surface area contributed by atoms with Gasteiger partial charge in [0.2, 0.25) is 0 Å². The van der Waals surface area contributed by atoms with E-state index in [0.29, 0.717) is 0 Å². The van der Waals surface area contributed by atoms with E-state index in [4.69, 9.17) is 22.1 Å². The van der Waals surface area contributed by atoms with Crippen LogP contribution in [0.3, 0.4) is 0 Å². The highest BCUT2D eigenvalue weighted by Gasteiger charge is 2.18. The van der Waals surface area contributed by atoms with Gasteiger partial charge in [-0.25, -0.2) is 4.39 Å². The summed E-state index contributed by atoms with van der Waals surface area (Å²) in [5.41, 5.74) is 4.94. The zero-order chi connectivity index (χ0) is 10.7. The van der Waals surface area contributed by atoms with E-state index in [0.717, 1.165) is 0 Å². The van der Waals surface area contributed by atoms with Crippen molar-refractivity contribution in [3.05, 3.63) is 28.5 Å². The predicted molar refractivity (Wildman–Crippen MR) is 51.3 cm³/mol. The van der Waals surface area contributed by atoms with Crippen molar-refractivity contribution in [2.75, 3.05) is 13.7 Å². The molecule has 1 aromatic carbocycles. The third-order valence-electron chi connectivity index (χ3n) is 1.74. The molecule has 0 fully saturated rings. The first-order valence-electron chi connectivity index (χ1n) is 3.87. The number of carbonyl (C=O) groups excluding carboxylic acids is 1. The Bertz CT molecular complexity index is 368. The zero-order valence-corrected chi connectivity index (χ0v) is 8.27. The topological polar surface area (TPSA) is 52.3 Å². The summed E-state index contributed by atoms with van der Waals surface area (Å²) in [4.78, 5) is 11.3. The highest BCUT2D eigenvalue weighted by Crippen LogP contribution is 2.27. The van der Waals surface area contributed by atoms with Gasteiger partial charge in [-0.05, 0) is 12.1 Å². The summed E-state index contributed by atoms with van der Waals surface area (Å²) in [6.45, 7) is -0.284. The molecule has 0 aliphatic heterocycles. The Balaban J connectivity index is 3.35. The van der Waals surface area contributed by atoms with Gasteiger partial charge in [-0.2, -0.15) is 0 Å². The van der Waals surface area contributed by atoms with Crippen molar-refractivity contribution in [3.63, 3.8) is 0 Å². The van der Waals surface area contributed by atoms with E-state index >= 15 is 0 Å². The number of ether oxygens (including phenoxy) is 1. The molecule has 1 aromatic rings. The van der Waals surface area contributed by atoms with Crippen LogP contribution in [0.5, 0.6) is 5.75 Å². The number of halogens is 2. The standard InChI is InChI=1S/C9H9ClFNO2/c1-14-7-3-2-5(10)9(11)8(7)6(13)4-12/h2-3H,4,12H2,1H3. The molecular formula is C9H9ClFNO2. The monoisotopic (exact) mass is 217 g/mol. The quantitative estimate of drug-likeness (QED) is 0.783. The van der Waals surface area contributed by atoms with Crippen LogP contribution in [0.4, 0.5) is 4.39 Å². The molecule has 76 valence electrons. The van der Waals surface area contributed by atoms with Crippen molar-refractivity contribution in [1.82, 2.24) is 0 Å². The molecule has 0 saturated carbocycles. The Morgan fingerprint density at radius 3 is 2.79 bits per heavy atom. The summed E-state index contributed by atoms with van der Waals surface area (Å²) in [5, 5.41) is -0.123. The van der Waals surface area contributed by atoms with Crippen LogP contribution in [0.15, 0.2) is 12.1 Å². The minimum absolute atomic E-state index is 0.123. The van der Waals surface area contributed by atoms with Gasteiger partial charge in [-0.3, -0.25) is 4.79 Å². The first kappa shape index (κ1) is 10.9. The van der Waals surface area contributed by atoms with Crippen molar-refractivity contribution in [2.45, 2.75) is 0 Å². The maximum atomic E-state index is 13.4. The summed E-state index contributed by atoms with van der Waals surface area (Å²) in [6, 6.07) is 2.75. The molecule has 5 heteroatoms. The van der Waals surface area contributed by atoms with Crippen LogP contribution in [0.2, 0.25) is 5.02 Å². The normalized spacial score (nSPS) is 10.0. The second-order valence-electron chi connectivity index (χ2n) is 2.57. The SMILES string of the molecule is COc1ccc(Cl)c(F)c1C(=O)CN. The van der Waals surface area contributed by atoms with Crippen molar-refractivity contribution in [3.8, 4) is 5.75 Å². The van der Waals surface area contributed by atoms with E-state index in [1.807, 2.05) is 0 Å². The number of carbonyl (C=O) groups is 1. The Morgan fingerprint density at radius 1 is 1.64 bits per heavy atom. The van der Waals surface area contributed by atoms with Gasteiger partial charge in [-0.15, -0.1) is 0 Å². The number of ketones is 1. The minimum atomic E-state index is -0.790. The molecule has 14 heavy (non-hydrogen) atoms. The summed E-state index contributed by atoms with van der Waals surface area (Å²) in [6.07, 6.45) is 0. The Labute approximate surface area is 85.6 Å². The lowest BCUT2D eigenvalue weighted by molar-refractivity contribution is 0.0994. The van der Waals surface area contributed by atoms with Crippen LogP contribution < -0.4 is 10.5 Å². The molecule has 0 aromatic heterocycles. The van der Waals surface area contributed by atoms with Gasteiger partial charge in [0.1, 0.15) is 5.75 Å². The minimum Gasteiger partial charge on any atom is -0.496 e. The summed E-state index contributed by atoms with van der Waals surface area (Å²) in [7, 11) is 1.34. The van der Waals surface area contributed by atoms with Crippen LogP contribution in [-0.4, -0.2) is 19.4 Å². The fourth-order valence-corrected chi connectivity index (χ4v) is 1.22. The van der Waals surface area contributed by atoms with Gasteiger partial charge < -0.3 is 10.5 Å². The molecule has 0 amide bonds. The zero-order valence-electron chi connectivity index (χ0n) is 7.51. The smallest absolute Gasteiger partial charge is 0.183 e. The van der Waals surface area contributed by atoms with E-state index in [1.165, 1.54) is 19.2 Å². The van der Waals surface area contributed by atoms with Crippen LogP contribution in [0, 0.1) is 5.82 Å².